The largest absolute Gasteiger partial charge is 0.351 e. The first kappa shape index (κ1) is 21.4. The van der Waals surface area contributed by atoms with Crippen LogP contribution in [0.1, 0.15) is 46.7 Å². The van der Waals surface area contributed by atoms with Gasteiger partial charge >= 0.3 is 0 Å². The van der Waals surface area contributed by atoms with Gasteiger partial charge in [-0.05, 0) is 35.7 Å². The molecule has 32 heavy (non-hydrogen) atoms. The van der Waals surface area contributed by atoms with E-state index < -0.39 is 0 Å². The van der Waals surface area contributed by atoms with Gasteiger partial charge in [-0.1, -0.05) is 61.4 Å². The number of rotatable bonds is 9. The summed E-state index contributed by atoms with van der Waals surface area (Å²) in [5.41, 5.74) is 0.931. The fourth-order valence-corrected chi connectivity index (χ4v) is 3.78. The molecule has 0 spiro atoms. The van der Waals surface area contributed by atoms with Gasteiger partial charge in [-0.3, -0.25) is 19.6 Å². The maximum Gasteiger partial charge on any atom is 0.270 e. The van der Waals surface area contributed by atoms with E-state index in [0.717, 1.165) is 47.2 Å². The summed E-state index contributed by atoms with van der Waals surface area (Å²) in [4.78, 5) is 33.4. The first-order valence-corrected chi connectivity index (χ1v) is 11.0. The van der Waals surface area contributed by atoms with Gasteiger partial charge < -0.3 is 10.6 Å². The normalized spacial score (nSPS) is 10.9. The molecule has 4 aromatic rings. The van der Waals surface area contributed by atoms with Crippen LogP contribution in [0.4, 0.5) is 0 Å². The van der Waals surface area contributed by atoms with Gasteiger partial charge in [-0.25, -0.2) is 0 Å². The van der Waals surface area contributed by atoms with E-state index in [1.165, 1.54) is 0 Å². The second kappa shape index (κ2) is 10.5. The zero-order valence-corrected chi connectivity index (χ0v) is 17.9. The smallest absolute Gasteiger partial charge is 0.270 e. The van der Waals surface area contributed by atoms with Gasteiger partial charge in [-0.15, -0.1) is 0 Å². The van der Waals surface area contributed by atoms with Crippen molar-refractivity contribution < 1.29 is 9.59 Å². The Hall–Kier alpha value is -3.80. The van der Waals surface area contributed by atoms with Crippen molar-refractivity contribution in [2.75, 3.05) is 13.1 Å². The van der Waals surface area contributed by atoms with Crippen molar-refractivity contribution in [3.63, 3.8) is 0 Å². The van der Waals surface area contributed by atoms with Crippen LogP contribution in [0, 0.1) is 0 Å². The van der Waals surface area contributed by atoms with E-state index in [-0.39, 0.29) is 11.8 Å². The number of carbonyl (C=O) groups excluding carboxylic acids is 2. The van der Waals surface area contributed by atoms with Gasteiger partial charge in [0, 0.05) is 36.3 Å². The van der Waals surface area contributed by atoms with Crippen molar-refractivity contribution in [2.45, 2.75) is 25.7 Å². The molecule has 6 heteroatoms. The number of pyridine rings is 2. The third kappa shape index (κ3) is 5.09. The maximum absolute atomic E-state index is 12.5. The zero-order chi connectivity index (χ0) is 22.2. The summed E-state index contributed by atoms with van der Waals surface area (Å²) in [6, 6.07) is 19.3. The monoisotopic (exact) mass is 426 g/mol. The maximum atomic E-state index is 12.5. The van der Waals surface area contributed by atoms with E-state index in [1.54, 1.807) is 12.4 Å². The van der Waals surface area contributed by atoms with E-state index in [2.05, 4.69) is 20.6 Å². The van der Waals surface area contributed by atoms with Gasteiger partial charge in [-0.2, -0.15) is 0 Å². The molecule has 162 valence electrons. The molecule has 2 amide bonds. The number of nitrogens with one attached hydrogen (secondary N) is 2. The highest BCUT2D eigenvalue weighted by atomic mass is 16.2. The Morgan fingerprint density at radius 1 is 0.594 bits per heavy atom. The highest BCUT2D eigenvalue weighted by Gasteiger charge is 2.11. The van der Waals surface area contributed by atoms with E-state index in [4.69, 9.17) is 0 Å². The number of benzene rings is 2. The lowest BCUT2D eigenvalue weighted by Crippen LogP contribution is -2.26. The van der Waals surface area contributed by atoms with E-state index in [9.17, 15) is 9.59 Å². The molecule has 2 aromatic carbocycles. The van der Waals surface area contributed by atoms with Crippen molar-refractivity contribution >= 4 is 33.4 Å². The topological polar surface area (TPSA) is 84.0 Å². The lowest BCUT2D eigenvalue weighted by atomic mass is 10.1. The molecule has 4 rings (SSSR count). The Kier molecular flexibility index (Phi) is 7.02. The van der Waals surface area contributed by atoms with Crippen LogP contribution in [0.3, 0.4) is 0 Å². The number of nitrogens with zero attached hydrogens (tertiary/aromatic N) is 2. The number of aromatic nitrogens is 2. The first-order chi connectivity index (χ1) is 15.7. The quantitative estimate of drug-likeness (QED) is 0.386. The third-order valence-electron chi connectivity index (χ3n) is 5.45. The molecule has 0 radical (unpaired) electrons. The lowest BCUT2D eigenvalue weighted by molar-refractivity contribution is 0.0940. The number of unbranched alkanes of at least 4 members (excludes halogenated alkanes) is 3. The molecule has 0 fully saturated rings. The van der Waals surface area contributed by atoms with E-state index in [1.807, 2.05) is 60.7 Å². The van der Waals surface area contributed by atoms with Crippen molar-refractivity contribution in [3.8, 4) is 0 Å². The molecule has 2 N–H and O–H groups in total. The van der Waals surface area contributed by atoms with Crippen molar-refractivity contribution in [1.29, 1.82) is 0 Å². The Bertz CT molecular complexity index is 1130. The number of amides is 2. The van der Waals surface area contributed by atoms with Crippen molar-refractivity contribution in [3.05, 3.63) is 84.4 Å². The molecule has 0 saturated heterocycles. The van der Waals surface area contributed by atoms with Crippen molar-refractivity contribution in [2.24, 2.45) is 0 Å². The number of hydrogen-bond donors (Lipinski definition) is 2. The third-order valence-corrected chi connectivity index (χ3v) is 5.45. The van der Waals surface area contributed by atoms with Crippen LogP contribution in [-0.4, -0.2) is 34.9 Å². The Morgan fingerprint density at radius 2 is 1.03 bits per heavy atom. The fourth-order valence-electron chi connectivity index (χ4n) is 3.78. The minimum atomic E-state index is -0.142. The summed E-state index contributed by atoms with van der Waals surface area (Å²) in [6.45, 7) is 1.21. The molecule has 0 bridgehead atoms. The van der Waals surface area contributed by atoms with Gasteiger partial charge in [0.25, 0.3) is 11.8 Å². The molecule has 0 aliphatic rings. The summed E-state index contributed by atoms with van der Waals surface area (Å²) in [6.07, 6.45) is 7.06. The van der Waals surface area contributed by atoms with Gasteiger partial charge in [0.05, 0.1) is 0 Å². The van der Waals surface area contributed by atoms with Crippen LogP contribution in [0.2, 0.25) is 0 Å². The van der Waals surface area contributed by atoms with Crippen molar-refractivity contribution in [1.82, 2.24) is 20.6 Å². The standard InChI is InChI=1S/C26H26N4O2/c31-25(23-21-11-5-3-9-19(21)13-17-27-23)29-15-7-1-2-8-16-30-26(32)24-22-12-6-4-10-20(22)14-18-28-24/h3-6,9-14,17-18H,1-2,7-8,15-16H2,(H,29,31)(H,30,32). The second-order valence-corrected chi connectivity index (χ2v) is 7.69. The number of carbonyl (C=O) groups is 2. The summed E-state index contributed by atoms with van der Waals surface area (Å²) in [5.74, 6) is -0.284. The predicted octanol–water partition coefficient (Wildman–Crippen LogP) is 4.50. The van der Waals surface area contributed by atoms with Crippen LogP contribution in [0.5, 0.6) is 0 Å². The molecule has 2 aromatic heterocycles. The van der Waals surface area contributed by atoms with E-state index >= 15 is 0 Å². The van der Waals surface area contributed by atoms with Crippen LogP contribution in [0.25, 0.3) is 21.5 Å². The summed E-state index contributed by atoms with van der Waals surface area (Å²) in [5, 5.41) is 9.66. The fraction of sp³-hybridized carbons (Fsp3) is 0.231. The molecule has 2 heterocycles. The zero-order valence-electron chi connectivity index (χ0n) is 17.9. The lowest BCUT2D eigenvalue weighted by Gasteiger charge is -2.08. The molecule has 6 nitrogen and oxygen atoms in total. The Labute approximate surface area is 187 Å². The number of fused-ring (bicyclic) bond motifs is 2. The summed E-state index contributed by atoms with van der Waals surface area (Å²) in [7, 11) is 0. The average molecular weight is 427 g/mol. The molecular weight excluding hydrogens is 400 g/mol. The minimum absolute atomic E-state index is 0.142. The Balaban J connectivity index is 1.15. The SMILES string of the molecule is O=C(NCCCCCCNC(=O)c1nccc2ccccc12)c1nccc2ccccc12. The van der Waals surface area contributed by atoms with Crippen LogP contribution < -0.4 is 10.6 Å². The van der Waals surface area contributed by atoms with E-state index in [0.29, 0.717) is 24.5 Å². The van der Waals surface area contributed by atoms with Gasteiger partial charge in [0.2, 0.25) is 0 Å². The predicted molar refractivity (Wildman–Crippen MR) is 127 cm³/mol. The van der Waals surface area contributed by atoms with Crippen LogP contribution >= 0.6 is 0 Å². The van der Waals surface area contributed by atoms with Crippen LogP contribution in [-0.2, 0) is 0 Å². The van der Waals surface area contributed by atoms with Gasteiger partial charge in [0.15, 0.2) is 0 Å². The summed E-state index contributed by atoms with van der Waals surface area (Å²) < 4.78 is 0. The highest BCUT2D eigenvalue weighted by molar-refractivity contribution is 6.05. The minimum Gasteiger partial charge on any atom is -0.351 e. The number of hydrogen-bond acceptors (Lipinski definition) is 4. The molecule has 0 unspecified atom stereocenters. The molecule has 0 saturated carbocycles. The molecular formula is C26H26N4O2. The molecule has 0 aliphatic heterocycles. The Morgan fingerprint density at radius 3 is 1.50 bits per heavy atom. The second-order valence-electron chi connectivity index (χ2n) is 7.69. The molecule has 0 atom stereocenters. The van der Waals surface area contributed by atoms with Crippen LogP contribution in [0.15, 0.2) is 73.1 Å². The summed E-state index contributed by atoms with van der Waals surface area (Å²) >= 11 is 0. The first-order valence-electron chi connectivity index (χ1n) is 11.0. The van der Waals surface area contributed by atoms with Gasteiger partial charge in [0.1, 0.15) is 11.4 Å². The average Bonchev–Trinajstić information content (AvgIpc) is 2.84. The molecule has 0 aliphatic carbocycles. The highest BCUT2D eigenvalue weighted by Crippen LogP contribution is 2.17.